The zero-order valence-electron chi connectivity index (χ0n) is 16.0. The number of H-pyrrole nitrogens is 1. The van der Waals surface area contributed by atoms with E-state index in [1.54, 1.807) is 0 Å². The van der Waals surface area contributed by atoms with Crippen molar-refractivity contribution in [2.24, 2.45) is 5.92 Å². The number of amides is 1. The van der Waals surface area contributed by atoms with Crippen LogP contribution in [0, 0.1) is 12.8 Å². The molecule has 0 aliphatic carbocycles. The highest BCUT2D eigenvalue weighted by molar-refractivity contribution is 5.93. The van der Waals surface area contributed by atoms with E-state index < -0.39 is 0 Å². The third-order valence-corrected chi connectivity index (χ3v) is 5.06. The van der Waals surface area contributed by atoms with E-state index in [2.05, 4.69) is 24.8 Å². The topological polar surface area (TPSA) is 92.7 Å². The van der Waals surface area contributed by atoms with Gasteiger partial charge in [0.2, 0.25) is 5.91 Å². The Labute approximate surface area is 162 Å². The molecule has 1 aliphatic heterocycles. The fourth-order valence-corrected chi connectivity index (χ4v) is 3.61. The Kier molecular flexibility index (Phi) is 4.81. The summed E-state index contributed by atoms with van der Waals surface area (Å²) in [5.74, 6) is 1.37. The van der Waals surface area contributed by atoms with E-state index in [1.807, 2.05) is 44.3 Å². The van der Waals surface area contributed by atoms with E-state index >= 15 is 0 Å². The van der Waals surface area contributed by atoms with Crippen LogP contribution in [-0.4, -0.2) is 25.4 Å². The number of nitrogens with zero attached hydrogens (tertiary/aromatic N) is 3. The lowest BCUT2D eigenvalue weighted by Crippen LogP contribution is -2.30. The molecule has 0 bridgehead atoms. The summed E-state index contributed by atoms with van der Waals surface area (Å²) in [5, 5.41) is 3.01. The molecule has 7 heteroatoms. The van der Waals surface area contributed by atoms with Crippen molar-refractivity contribution in [1.82, 2.24) is 19.5 Å². The third-order valence-electron chi connectivity index (χ3n) is 5.06. The summed E-state index contributed by atoms with van der Waals surface area (Å²) in [5.41, 5.74) is 3.00. The SMILES string of the molecule is CCc1cc(=O)[nH]c(-c2cccc(NC(=O)C3CCn4cc(C)nc4C3)c2)n1. The quantitative estimate of drug-likeness (QED) is 0.731. The molecule has 0 fully saturated rings. The van der Waals surface area contributed by atoms with Crippen molar-refractivity contribution in [3.8, 4) is 11.4 Å². The molecular weight excluding hydrogens is 354 g/mol. The van der Waals surface area contributed by atoms with Gasteiger partial charge < -0.3 is 14.9 Å². The molecule has 1 amide bonds. The Bertz CT molecular complexity index is 1080. The monoisotopic (exact) mass is 377 g/mol. The van der Waals surface area contributed by atoms with Crippen LogP contribution in [0.1, 0.15) is 30.6 Å². The minimum atomic E-state index is -0.177. The van der Waals surface area contributed by atoms with E-state index in [1.165, 1.54) is 6.07 Å². The van der Waals surface area contributed by atoms with Crippen LogP contribution in [0.25, 0.3) is 11.4 Å². The van der Waals surface area contributed by atoms with Crippen molar-refractivity contribution in [2.75, 3.05) is 5.32 Å². The number of hydrogen-bond acceptors (Lipinski definition) is 4. The zero-order chi connectivity index (χ0) is 19.7. The van der Waals surface area contributed by atoms with Crippen LogP contribution >= 0.6 is 0 Å². The summed E-state index contributed by atoms with van der Waals surface area (Å²) in [6, 6.07) is 8.90. The Morgan fingerprint density at radius 1 is 1.32 bits per heavy atom. The molecule has 1 unspecified atom stereocenters. The van der Waals surface area contributed by atoms with E-state index in [4.69, 9.17) is 0 Å². The summed E-state index contributed by atoms with van der Waals surface area (Å²) in [7, 11) is 0. The minimum absolute atomic E-state index is 0.00665. The van der Waals surface area contributed by atoms with E-state index in [9.17, 15) is 9.59 Å². The van der Waals surface area contributed by atoms with Crippen molar-refractivity contribution < 1.29 is 4.79 Å². The second-order valence-corrected chi connectivity index (χ2v) is 7.19. The predicted molar refractivity (Wildman–Crippen MR) is 107 cm³/mol. The summed E-state index contributed by atoms with van der Waals surface area (Å²) in [6.45, 7) is 4.74. The molecule has 0 saturated heterocycles. The molecule has 4 rings (SSSR count). The Hall–Kier alpha value is -3.22. The molecular formula is C21H23N5O2. The molecule has 28 heavy (non-hydrogen) atoms. The molecule has 7 nitrogen and oxygen atoms in total. The summed E-state index contributed by atoms with van der Waals surface area (Å²) in [4.78, 5) is 36.4. The molecule has 3 heterocycles. The molecule has 0 spiro atoms. The number of hydrogen-bond donors (Lipinski definition) is 2. The van der Waals surface area contributed by atoms with Crippen LogP contribution in [0.2, 0.25) is 0 Å². The molecule has 2 N–H and O–H groups in total. The average Bonchev–Trinajstić information content (AvgIpc) is 3.06. The van der Waals surface area contributed by atoms with Crippen LogP contribution < -0.4 is 10.9 Å². The number of rotatable bonds is 4. The van der Waals surface area contributed by atoms with E-state index in [-0.39, 0.29) is 17.4 Å². The smallest absolute Gasteiger partial charge is 0.251 e. The third kappa shape index (κ3) is 3.74. The van der Waals surface area contributed by atoms with Crippen LogP contribution in [0.3, 0.4) is 0 Å². The number of aryl methyl sites for hydroxylation is 3. The standard InChI is InChI=1S/C21H23N5O2/c1-3-16-11-19(27)25-20(23-16)14-5-4-6-17(9-14)24-21(28)15-7-8-26-12-13(2)22-18(26)10-15/h4-6,9,11-12,15H,3,7-8,10H2,1-2H3,(H,24,28)(H,23,25,27). The number of carbonyl (C=O) groups excluding carboxylic acids is 1. The van der Waals surface area contributed by atoms with Crippen molar-refractivity contribution >= 4 is 11.6 Å². The zero-order valence-corrected chi connectivity index (χ0v) is 16.0. The fraction of sp³-hybridized carbons (Fsp3) is 0.333. The second-order valence-electron chi connectivity index (χ2n) is 7.19. The number of aromatic nitrogens is 4. The number of carbonyl (C=O) groups is 1. The van der Waals surface area contributed by atoms with Gasteiger partial charge in [0, 0.05) is 48.1 Å². The number of aromatic amines is 1. The molecule has 0 radical (unpaired) electrons. The van der Waals surface area contributed by atoms with Gasteiger partial charge in [0.05, 0.1) is 5.69 Å². The highest BCUT2D eigenvalue weighted by Crippen LogP contribution is 2.23. The van der Waals surface area contributed by atoms with Gasteiger partial charge in [0.15, 0.2) is 0 Å². The molecule has 3 aromatic rings. The lowest BCUT2D eigenvalue weighted by Gasteiger charge is -2.22. The van der Waals surface area contributed by atoms with Gasteiger partial charge in [-0.05, 0) is 31.9 Å². The number of nitrogens with one attached hydrogen (secondary N) is 2. The Morgan fingerprint density at radius 2 is 2.18 bits per heavy atom. The number of imidazole rings is 1. The average molecular weight is 377 g/mol. The van der Waals surface area contributed by atoms with Gasteiger partial charge in [0.25, 0.3) is 5.56 Å². The minimum Gasteiger partial charge on any atom is -0.335 e. The van der Waals surface area contributed by atoms with Crippen LogP contribution in [-0.2, 0) is 24.2 Å². The van der Waals surface area contributed by atoms with Gasteiger partial charge in [-0.3, -0.25) is 9.59 Å². The molecule has 2 aromatic heterocycles. The van der Waals surface area contributed by atoms with Gasteiger partial charge >= 0.3 is 0 Å². The molecule has 1 aromatic carbocycles. The summed E-state index contributed by atoms with van der Waals surface area (Å²) in [6.07, 6.45) is 4.16. The maximum absolute atomic E-state index is 12.8. The van der Waals surface area contributed by atoms with Crippen molar-refractivity contribution in [1.29, 1.82) is 0 Å². The van der Waals surface area contributed by atoms with Gasteiger partial charge in [-0.25, -0.2) is 9.97 Å². The largest absolute Gasteiger partial charge is 0.335 e. The van der Waals surface area contributed by atoms with Gasteiger partial charge in [-0.15, -0.1) is 0 Å². The predicted octanol–water partition coefficient (Wildman–Crippen LogP) is 2.71. The number of anilines is 1. The van der Waals surface area contributed by atoms with Crippen molar-refractivity contribution in [2.45, 2.75) is 39.7 Å². The van der Waals surface area contributed by atoms with Crippen molar-refractivity contribution in [3.05, 3.63) is 64.1 Å². The van der Waals surface area contributed by atoms with Gasteiger partial charge in [0.1, 0.15) is 11.6 Å². The first-order valence-electron chi connectivity index (χ1n) is 9.56. The first kappa shape index (κ1) is 18.2. The highest BCUT2D eigenvalue weighted by atomic mass is 16.2. The summed E-state index contributed by atoms with van der Waals surface area (Å²) >= 11 is 0. The number of fused-ring (bicyclic) bond motifs is 1. The summed E-state index contributed by atoms with van der Waals surface area (Å²) < 4.78 is 2.13. The van der Waals surface area contributed by atoms with Crippen LogP contribution in [0.4, 0.5) is 5.69 Å². The molecule has 1 atom stereocenters. The number of benzene rings is 1. The highest BCUT2D eigenvalue weighted by Gasteiger charge is 2.26. The fourth-order valence-electron chi connectivity index (χ4n) is 3.61. The van der Waals surface area contributed by atoms with E-state index in [0.717, 1.165) is 35.7 Å². The first-order valence-corrected chi connectivity index (χ1v) is 9.56. The van der Waals surface area contributed by atoms with Crippen LogP contribution in [0.15, 0.2) is 41.3 Å². The maximum atomic E-state index is 12.8. The Morgan fingerprint density at radius 3 is 3.00 bits per heavy atom. The van der Waals surface area contributed by atoms with Gasteiger partial charge in [-0.2, -0.15) is 0 Å². The Balaban J connectivity index is 1.52. The molecule has 1 aliphatic rings. The lowest BCUT2D eigenvalue weighted by molar-refractivity contribution is -0.120. The van der Waals surface area contributed by atoms with E-state index in [0.29, 0.717) is 24.4 Å². The second kappa shape index (κ2) is 7.42. The van der Waals surface area contributed by atoms with Gasteiger partial charge in [-0.1, -0.05) is 19.1 Å². The maximum Gasteiger partial charge on any atom is 0.251 e. The molecule has 0 saturated carbocycles. The first-order chi connectivity index (χ1) is 13.5. The molecule has 144 valence electrons. The van der Waals surface area contributed by atoms with Crippen LogP contribution in [0.5, 0.6) is 0 Å². The normalized spacial score (nSPS) is 15.9. The van der Waals surface area contributed by atoms with Crippen molar-refractivity contribution in [3.63, 3.8) is 0 Å². The lowest BCUT2D eigenvalue weighted by atomic mass is 9.96.